The third kappa shape index (κ3) is 2.12. The third-order valence-corrected chi connectivity index (χ3v) is 2.42. The minimum atomic E-state index is -0.746. The maximum atomic E-state index is 11.0. The molecule has 6 nitrogen and oxygen atoms in total. The molecular weight excluding hydrogens is 255 g/mol. The molecule has 0 saturated carbocycles. The van der Waals surface area contributed by atoms with Crippen molar-refractivity contribution in [1.82, 2.24) is 19.9 Å². The van der Waals surface area contributed by atoms with Crippen LogP contribution < -0.4 is 11.4 Å². The summed E-state index contributed by atoms with van der Waals surface area (Å²) >= 11 is 11.4. The Kier molecular flexibility index (Phi) is 2.76. The second-order valence-electron chi connectivity index (χ2n) is 2.84. The van der Waals surface area contributed by atoms with Crippen LogP contribution in [-0.4, -0.2) is 19.9 Å². The Bertz CT molecular complexity index is 621. The zero-order valence-corrected chi connectivity index (χ0v) is 9.13. The van der Waals surface area contributed by atoms with Crippen LogP contribution in [0.25, 0.3) is 11.4 Å². The molecule has 8 heteroatoms. The molecule has 0 aliphatic heterocycles. The van der Waals surface area contributed by atoms with Gasteiger partial charge < -0.3 is 0 Å². The zero-order chi connectivity index (χ0) is 11.7. The van der Waals surface area contributed by atoms with Gasteiger partial charge in [-0.2, -0.15) is 4.98 Å². The topological polar surface area (TPSA) is 91.5 Å². The van der Waals surface area contributed by atoms with Crippen LogP contribution in [0.5, 0.6) is 0 Å². The number of nitrogens with one attached hydrogen (secondary N) is 2. The van der Waals surface area contributed by atoms with E-state index in [1.807, 2.05) is 4.98 Å². The third-order valence-electron chi connectivity index (χ3n) is 1.74. The van der Waals surface area contributed by atoms with Crippen LogP contribution in [0.4, 0.5) is 0 Å². The van der Waals surface area contributed by atoms with Gasteiger partial charge in [0, 0.05) is 11.8 Å². The Morgan fingerprint density at radius 2 is 1.94 bits per heavy atom. The minimum absolute atomic E-state index is 0.0832. The number of aromatic nitrogens is 4. The van der Waals surface area contributed by atoms with Gasteiger partial charge in [-0.1, -0.05) is 23.2 Å². The van der Waals surface area contributed by atoms with E-state index in [1.54, 1.807) is 0 Å². The van der Waals surface area contributed by atoms with E-state index in [4.69, 9.17) is 23.2 Å². The first kappa shape index (κ1) is 10.8. The summed E-state index contributed by atoms with van der Waals surface area (Å²) in [7, 11) is 0. The van der Waals surface area contributed by atoms with Gasteiger partial charge in [-0.3, -0.25) is 9.97 Å². The molecule has 16 heavy (non-hydrogen) atoms. The second-order valence-corrected chi connectivity index (χ2v) is 3.61. The number of pyridine rings is 1. The van der Waals surface area contributed by atoms with Crippen LogP contribution in [0.2, 0.25) is 10.2 Å². The lowest BCUT2D eigenvalue weighted by Gasteiger charge is -2.00. The van der Waals surface area contributed by atoms with Crippen molar-refractivity contribution < 1.29 is 0 Å². The highest BCUT2D eigenvalue weighted by atomic mass is 35.5. The highest BCUT2D eigenvalue weighted by molar-refractivity contribution is 6.41. The summed E-state index contributed by atoms with van der Waals surface area (Å²) in [5.74, 6) is 0.0832. The number of hydrogen-bond acceptors (Lipinski definition) is 4. The maximum absolute atomic E-state index is 11.0. The minimum Gasteiger partial charge on any atom is -0.291 e. The lowest BCUT2D eigenvalue weighted by molar-refractivity contribution is 0.941. The van der Waals surface area contributed by atoms with Crippen LogP contribution in [0.15, 0.2) is 21.9 Å². The summed E-state index contributed by atoms with van der Waals surface area (Å²) in [6, 6.07) is 1.45. The van der Waals surface area contributed by atoms with E-state index in [-0.39, 0.29) is 16.0 Å². The monoisotopic (exact) mass is 258 g/mol. The molecule has 0 unspecified atom stereocenters. The van der Waals surface area contributed by atoms with Gasteiger partial charge in [0.15, 0.2) is 0 Å². The fraction of sp³-hybridized carbons (Fsp3) is 0. The molecule has 2 N–H and O–H groups in total. The van der Waals surface area contributed by atoms with Crippen LogP contribution in [0.1, 0.15) is 0 Å². The normalized spacial score (nSPS) is 10.4. The number of halogens is 2. The molecule has 0 aliphatic carbocycles. The first-order chi connectivity index (χ1) is 7.56. The first-order valence-electron chi connectivity index (χ1n) is 4.08. The van der Waals surface area contributed by atoms with Gasteiger partial charge in [0.2, 0.25) is 0 Å². The van der Waals surface area contributed by atoms with Crippen molar-refractivity contribution in [1.29, 1.82) is 0 Å². The van der Waals surface area contributed by atoms with Gasteiger partial charge in [-0.05, 0) is 6.07 Å². The highest BCUT2D eigenvalue weighted by Gasteiger charge is 2.06. The molecular formula is C8H4Cl2N4O2. The van der Waals surface area contributed by atoms with Crippen LogP contribution in [-0.2, 0) is 0 Å². The average molecular weight is 259 g/mol. The van der Waals surface area contributed by atoms with Crippen molar-refractivity contribution in [3.05, 3.63) is 43.4 Å². The summed E-state index contributed by atoms with van der Waals surface area (Å²) < 4.78 is 0. The molecule has 2 rings (SSSR count). The van der Waals surface area contributed by atoms with Crippen molar-refractivity contribution in [2.45, 2.75) is 0 Å². The Balaban J connectivity index is 2.63. The van der Waals surface area contributed by atoms with Gasteiger partial charge in [-0.25, -0.2) is 14.6 Å². The largest absolute Gasteiger partial charge is 0.351 e. The van der Waals surface area contributed by atoms with Crippen LogP contribution in [0.3, 0.4) is 0 Å². The molecule has 0 saturated heterocycles. The first-order valence-corrected chi connectivity index (χ1v) is 4.84. The van der Waals surface area contributed by atoms with E-state index in [1.165, 1.54) is 12.3 Å². The molecule has 0 spiro atoms. The molecule has 0 aliphatic rings. The van der Waals surface area contributed by atoms with E-state index in [2.05, 4.69) is 15.0 Å². The number of aromatic amines is 2. The van der Waals surface area contributed by atoms with Crippen LogP contribution in [0, 0.1) is 0 Å². The molecule has 82 valence electrons. The summed E-state index contributed by atoms with van der Waals surface area (Å²) in [6.45, 7) is 0. The molecule has 0 amide bonds. The van der Waals surface area contributed by atoms with Crippen molar-refractivity contribution in [3.8, 4) is 11.4 Å². The molecule has 2 aromatic heterocycles. The average Bonchev–Trinajstić information content (AvgIpc) is 2.20. The molecule has 2 aromatic rings. The van der Waals surface area contributed by atoms with E-state index >= 15 is 0 Å². The molecule has 0 atom stereocenters. The molecule has 0 radical (unpaired) electrons. The SMILES string of the molecule is O=c1nc(-c2cnc(Cl)c(Cl)c2)[nH]c(=O)[nH]1. The summed E-state index contributed by atoms with van der Waals surface area (Å²) in [5, 5.41) is 0.347. The summed E-state index contributed by atoms with van der Waals surface area (Å²) in [6.07, 6.45) is 1.35. The van der Waals surface area contributed by atoms with E-state index in [0.717, 1.165) is 0 Å². The van der Waals surface area contributed by atoms with Crippen molar-refractivity contribution in [3.63, 3.8) is 0 Å². The Hall–Kier alpha value is -1.66. The summed E-state index contributed by atoms with van der Waals surface area (Å²) in [4.78, 5) is 33.6. The molecule has 0 fully saturated rings. The van der Waals surface area contributed by atoms with Gasteiger partial charge in [0.05, 0.1) is 5.02 Å². The number of H-pyrrole nitrogens is 2. The number of nitrogens with zero attached hydrogens (tertiary/aromatic N) is 2. The lowest BCUT2D eigenvalue weighted by atomic mass is 10.3. The second kappa shape index (κ2) is 4.07. The molecule has 0 bridgehead atoms. The van der Waals surface area contributed by atoms with E-state index < -0.39 is 11.4 Å². The van der Waals surface area contributed by atoms with E-state index in [0.29, 0.717) is 5.56 Å². The fourth-order valence-corrected chi connectivity index (χ4v) is 1.35. The Morgan fingerprint density at radius 1 is 1.19 bits per heavy atom. The summed E-state index contributed by atoms with van der Waals surface area (Å²) in [5.41, 5.74) is -0.997. The quantitative estimate of drug-likeness (QED) is 0.742. The number of hydrogen-bond donors (Lipinski definition) is 2. The maximum Gasteiger partial charge on any atom is 0.351 e. The van der Waals surface area contributed by atoms with Gasteiger partial charge >= 0.3 is 11.4 Å². The standard InChI is InChI=1S/C8H4Cl2N4O2/c9-4-1-3(2-11-5(4)10)6-12-7(15)14-8(16)13-6/h1-2H,(H2,12,13,14,15,16). The zero-order valence-electron chi connectivity index (χ0n) is 7.62. The number of rotatable bonds is 1. The van der Waals surface area contributed by atoms with Crippen molar-refractivity contribution >= 4 is 23.2 Å². The highest BCUT2D eigenvalue weighted by Crippen LogP contribution is 2.23. The van der Waals surface area contributed by atoms with Gasteiger partial charge in [-0.15, -0.1) is 0 Å². The van der Waals surface area contributed by atoms with Crippen molar-refractivity contribution in [2.75, 3.05) is 0 Å². The van der Waals surface area contributed by atoms with Gasteiger partial charge in [0.1, 0.15) is 11.0 Å². The van der Waals surface area contributed by atoms with Gasteiger partial charge in [0.25, 0.3) is 0 Å². The smallest absolute Gasteiger partial charge is 0.291 e. The predicted octanol–water partition coefficient (Wildman–Crippen LogP) is 0.827. The van der Waals surface area contributed by atoms with Crippen LogP contribution >= 0.6 is 23.2 Å². The molecule has 0 aromatic carbocycles. The predicted molar refractivity (Wildman–Crippen MR) is 58.7 cm³/mol. The molecule has 2 heterocycles. The fourth-order valence-electron chi connectivity index (χ4n) is 1.08. The van der Waals surface area contributed by atoms with Crippen molar-refractivity contribution in [2.24, 2.45) is 0 Å². The lowest BCUT2D eigenvalue weighted by Crippen LogP contribution is -2.25. The Morgan fingerprint density at radius 3 is 2.56 bits per heavy atom. The Labute approximate surface area is 98.3 Å². The van der Waals surface area contributed by atoms with E-state index in [9.17, 15) is 9.59 Å².